The van der Waals surface area contributed by atoms with Crippen LogP contribution in [0.3, 0.4) is 0 Å². The molecule has 0 saturated carbocycles. The molecule has 0 spiro atoms. The maximum Gasteiger partial charge on any atom is 0.307 e. The molecule has 0 unspecified atom stereocenters. The van der Waals surface area contributed by atoms with Crippen LogP contribution in [-0.2, 0) is 4.79 Å². The summed E-state index contributed by atoms with van der Waals surface area (Å²) in [5.41, 5.74) is 1.73. The normalized spacial score (nSPS) is 10.9. The number of carbonyl (C=O) groups is 1. The lowest BCUT2D eigenvalue weighted by Crippen LogP contribution is -1.90. The van der Waals surface area contributed by atoms with Gasteiger partial charge in [-0.2, -0.15) is 0 Å². The Labute approximate surface area is 98.1 Å². The Kier molecular flexibility index (Phi) is 4.18. The third-order valence-corrected chi connectivity index (χ3v) is 2.55. The van der Waals surface area contributed by atoms with E-state index in [0.717, 1.165) is 11.1 Å². The van der Waals surface area contributed by atoms with Crippen molar-refractivity contribution in [3.8, 4) is 0 Å². The highest BCUT2D eigenvalue weighted by Crippen LogP contribution is 2.25. The maximum atomic E-state index is 10.3. The van der Waals surface area contributed by atoms with Crippen molar-refractivity contribution in [2.45, 2.75) is 13.3 Å². The van der Waals surface area contributed by atoms with Crippen LogP contribution in [-0.4, -0.2) is 11.1 Å². The lowest BCUT2D eigenvalue weighted by Gasteiger charge is -2.03. The van der Waals surface area contributed by atoms with E-state index in [9.17, 15) is 4.79 Å². The molecular weight excluding hydrogens is 235 g/mol. The van der Waals surface area contributed by atoms with Gasteiger partial charge in [0.2, 0.25) is 0 Å². The SMILES string of the molecule is Cc1c(Cl)cc(Cl)cc1C=CCC(=O)O. The lowest BCUT2D eigenvalue weighted by molar-refractivity contribution is -0.135. The van der Waals surface area contributed by atoms with E-state index < -0.39 is 5.97 Å². The summed E-state index contributed by atoms with van der Waals surface area (Å²) in [4.78, 5) is 10.3. The highest BCUT2D eigenvalue weighted by molar-refractivity contribution is 6.35. The molecule has 0 atom stereocenters. The van der Waals surface area contributed by atoms with Gasteiger partial charge in [-0.25, -0.2) is 0 Å². The molecule has 1 aromatic rings. The first kappa shape index (κ1) is 12.1. The van der Waals surface area contributed by atoms with Gasteiger partial charge < -0.3 is 5.11 Å². The lowest BCUT2D eigenvalue weighted by atomic mass is 10.1. The molecule has 0 saturated heterocycles. The van der Waals surface area contributed by atoms with Crippen molar-refractivity contribution in [3.63, 3.8) is 0 Å². The fraction of sp³-hybridized carbons (Fsp3) is 0.182. The van der Waals surface area contributed by atoms with Crippen LogP contribution in [0, 0.1) is 6.92 Å². The molecule has 0 heterocycles. The number of benzene rings is 1. The number of hydrogen-bond acceptors (Lipinski definition) is 1. The molecular formula is C11H10Cl2O2. The molecule has 1 rings (SSSR count). The topological polar surface area (TPSA) is 37.3 Å². The van der Waals surface area contributed by atoms with Crippen LogP contribution in [0.25, 0.3) is 6.08 Å². The van der Waals surface area contributed by atoms with Gasteiger partial charge in [0.15, 0.2) is 0 Å². The first-order chi connectivity index (χ1) is 7.00. The molecule has 0 bridgehead atoms. The first-order valence-corrected chi connectivity index (χ1v) is 5.10. The molecule has 0 aliphatic carbocycles. The van der Waals surface area contributed by atoms with Gasteiger partial charge >= 0.3 is 5.97 Å². The van der Waals surface area contributed by atoms with Crippen molar-refractivity contribution in [2.24, 2.45) is 0 Å². The molecule has 0 fully saturated rings. The second kappa shape index (κ2) is 5.19. The molecule has 0 aromatic heterocycles. The molecule has 15 heavy (non-hydrogen) atoms. The molecule has 2 nitrogen and oxygen atoms in total. The summed E-state index contributed by atoms with van der Waals surface area (Å²) >= 11 is 11.8. The van der Waals surface area contributed by atoms with Crippen molar-refractivity contribution >= 4 is 35.2 Å². The summed E-state index contributed by atoms with van der Waals surface area (Å²) < 4.78 is 0. The van der Waals surface area contributed by atoms with E-state index in [-0.39, 0.29) is 6.42 Å². The molecule has 1 aromatic carbocycles. The quantitative estimate of drug-likeness (QED) is 0.879. The van der Waals surface area contributed by atoms with Crippen molar-refractivity contribution < 1.29 is 9.90 Å². The zero-order valence-electron chi connectivity index (χ0n) is 8.13. The van der Waals surface area contributed by atoms with Gasteiger partial charge in [-0.1, -0.05) is 35.4 Å². The third kappa shape index (κ3) is 3.57. The maximum absolute atomic E-state index is 10.3. The van der Waals surface area contributed by atoms with Gasteiger partial charge in [-0.05, 0) is 30.2 Å². The minimum Gasteiger partial charge on any atom is -0.481 e. The molecule has 0 aliphatic heterocycles. The average molecular weight is 245 g/mol. The summed E-state index contributed by atoms with van der Waals surface area (Å²) in [5.74, 6) is -0.864. The molecule has 0 aliphatic rings. The number of carboxylic acid groups (broad SMARTS) is 1. The minimum absolute atomic E-state index is 0.0103. The Morgan fingerprint density at radius 3 is 2.73 bits per heavy atom. The summed E-state index contributed by atoms with van der Waals surface area (Å²) in [7, 11) is 0. The number of halogens is 2. The Balaban J connectivity index is 2.94. The fourth-order valence-corrected chi connectivity index (χ4v) is 1.63. The molecule has 0 amide bonds. The van der Waals surface area contributed by atoms with Gasteiger partial charge in [0.25, 0.3) is 0 Å². The predicted molar refractivity (Wildman–Crippen MR) is 62.5 cm³/mol. The van der Waals surface area contributed by atoms with Crippen LogP contribution >= 0.6 is 23.2 Å². The van der Waals surface area contributed by atoms with Crippen LogP contribution in [0.1, 0.15) is 17.5 Å². The average Bonchev–Trinajstić information content (AvgIpc) is 2.12. The Bertz CT molecular complexity index is 411. The first-order valence-electron chi connectivity index (χ1n) is 4.34. The Morgan fingerprint density at radius 1 is 1.47 bits per heavy atom. The van der Waals surface area contributed by atoms with E-state index >= 15 is 0 Å². The van der Waals surface area contributed by atoms with Crippen molar-refractivity contribution in [3.05, 3.63) is 39.4 Å². The number of carboxylic acids is 1. The smallest absolute Gasteiger partial charge is 0.307 e. The van der Waals surface area contributed by atoms with E-state index in [1.807, 2.05) is 6.92 Å². The monoisotopic (exact) mass is 244 g/mol. The molecule has 80 valence electrons. The van der Waals surface area contributed by atoms with Gasteiger partial charge in [-0.3, -0.25) is 4.79 Å². The fourth-order valence-electron chi connectivity index (χ4n) is 1.13. The largest absolute Gasteiger partial charge is 0.481 e. The van der Waals surface area contributed by atoms with E-state index in [2.05, 4.69) is 0 Å². The molecule has 1 N–H and O–H groups in total. The van der Waals surface area contributed by atoms with Crippen LogP contribution < -0.4 is 0 Å². The minimum atomic E-state index is -0.864. The van der Waals surface area contributed by atoms with Gasteiger partial charge in [-0.15, -0.1) is 0 Å². The summed E-state index contributed by atoms with van der Waals surface area (Å²) in [6, 6.07) is 3.41. The van der Waals surface area contributed by atoms with Crippen LogP contribution in [0.15, 0.2) is 18.2 Å². The second-order valence-corrected chi connectivity index (χ2v) is 3.95. The third-order valence-electron chi connectivity index (χ3n) is 1.94. The second-order valence-electron chi connectivity index (χ2n) is 3.10. The van der Waals surface area contributed by atoms with Crippen LogP contribution in [0.2, 0.25) is 10.0 Å². The Morgan fingerprint density at radius 2 is 2.13 bits per heavy atom. The van der Waals surface area contributed by atoms with Crippen LogP contribution in [0.5, 0.6) is 0 Å². The van der Waals surface area contributed by atoms with E-state index in [1.54, 1.807) is 24.3 Å². The zero-order valence-corrected chi connectivity index (χ0v) is 9.64. The summed E-state index contributed by atoms with van der Waals surface area (Å²) in [6.45, 7) is 1.86. The van der Waals surface area contributed by atoms with Crippen molar-refractivity contribution in [1.29, 1.82) is 0 Å². The highest BCUT2D eigenvalue weighted by Gasteiger charge is 2.02. The zero-order chi connectivity index (χ0) is 11.4. The van der Waals surface area contributed by atoms with Gasteiger partial charge in [0.05, 0.1) is 6.42 Å². The van der Waals surface area contributed by atoms with Crippen molar-refractivity contribution in [2.75, 3.05) is 0 Å². The molecule has 4 heteroatoms. The molecule has 0 radical (unpaired) electrons. The van der Waals surface area contributed by atoms with E-state index in [0.29, 0.717) is 10.0 Å². The number of aliphatic carboxylic acids is 1. The van der Waals surface area contributed by atoms with E-state index in [1.165, 1.54) is 0 Å². The van der Waals surface area contributed by atoms with Gasteiger partial charge in [0.1, 0.15) is 0 Å². The van der Waals surface area contributed by atoms with Gasteiger partial charge in [0, 0.05) is 10.0 Å². The highest BCUT2D eigenvalue weighted by atomic mass is 35.5. The number of hydrogen-bond donors (Lipinski definition) is 1. The number of rotatable bonds is 3. The standard InChI is InChI=1S/C11H10Cl2O2/c1-7-8(3-2-4-11(14)15)5-9(12)6-10(7)13/h2-3,5-6H,4H2,1H3,(H,14,15). The predicted octanol–water partition coefficient (Wildman–Crippen LogP) is 3.79. The summed E-state index contributed by atoms with van der Waals surface area (Å²) in [5, 5.41) is 9.59. The van der Waals surface area contributed by atoms with Crippen molar-refractivity contribution in [1.82, 2.24) is 0 Å². The van der Waals surface area contributed by atoms with E-state index in [4.69, 9.17) is 28.3 Å². The Hall–Kier alpha value is -0.990. The van der Waals surface area contributed by atoms with Crippen LogP contribution in [0.4, 0.5) is 0 Å². The summed E-state index contributed by atoms with van der Waals surface area (Å²) in [6.07, 6.45) is 3.27.